The molecular formula is C22H24B5N5O. The predicted molar refractivity (Wildman–Crippen MR) is 151 cm³/mol. The fourth-order valence-electron chi connectivity index (χ4n) is 4.12. The van der Waals surface area contributed by atoms with Crippen LogP contribution < -0.4 is 32.6 Å². The Kier molecular flexibility index (Phi) is 6.06. The number of hydrogen-bond donors (Lipinski definition) is 1. The van der Waals surface area contributed by atoms with Crippen LogP contribution in [-0.4, -0.2) is 64.7 Å². The van der Waals surface area contributed by atoms with E-state index in [1.807, 2.05) is 49.1 Å². The van der Waals surface area contributed by atoms with Crippen LogP contribution in [0.3, 0.4) is 0 Å². The maximum Gasteiger partial charge on any atom is 0.249 e. The Bertz CT molecular complexity index is 1420. The Balaban J connectivity index is 1.59. The molecule has 0 saturated heterocycles. The normalized spacial score (nSPS) is 11.3. The van der Waals surface area contributed by atoms with Gasteiger partial charge < -0.3 is 9.88 Å². The Morgan fingerprint density at radius 1 is 0.909 bits per heavy atom. The lowest BCUT2D eigenvalue weighted by atomic mass is 9.60. The summed E-state index contributed by atoms with van der Waals surface area (Å²) in [6.07, 6.45) is 8.80. The first-order valence-corrected chi connectivity index (χ1v) is 11.0. The zero-order valence-electron chi connectivity index (χ0n) is 20.2. The van der Waals surface area contributed by atoms with Crippen molar-refractivity contribution in [3.8, 4) is 11.3 Å². The zero-order chi connectivity index (χ0) is 23.9. The molecule has 4 rings (SSSR count). The first-order valence-electron chi connectivity index (χ1n) is 11.0. The Morgan fingerprint density at radius 3 is 2.21 bits per heavy atom. The van der Waals surface area contributed by atoms with Crippen molar-refractivity contribution in [3.05, 3.63) is 48.2 Å². The van der Waals surface area contributed by atoms with Crippen LogP contribution in [0.4, 0.5) is 5.82 Å². The summed E-state index contributed by atoms with van der Waals surface area (Å²) in [6.45, 7) is 1.96. The number of fused-ring (bicyclic) bond motifs is 1. The van der Waals surface area contributed by atoms with Crippen LogP contribution in [0, 0.1) is 6.92 Å². The van der Waals surface area contributed by atoms with Crippen molar-refractivity contribution in [2.75, 3.05) is 5.32 Å². The van der Waals surface area contributed by atoms with Crippen molar-refractivity contribution in [2.45, 2.75) is 6.92 Å². The van der Waals surface area contributed by atoms with Crippen molar-refractivity contribution in [3.63, 3.8) is 0 Å². The molecular weight excluding hydrogens is 404 g/mol. The van der Waals surface area contributed by atoms with Gasteiger partial charge >= 0.3 is 0 Å². The van der Waals surface area contributed by atoms with E-state index in [2.05, 4.69) is 59.5 Å². The topological polar surface area (TPSA) is 72.7 Å². The Labute approximate surface area is 198 Å². The number of pyridine rings is 2. The van der Waals surface area contributed by atoms with Crippen molar-refractivity contribution < 1.29 is 4.79 Å². The number of nitrogens with zero attached hydrogens (tertiary/aromatic N) is 4. The second-order valence-electron chi connectivity index (χ2n) is 8.60. The van der Waals surface area contributed by atoms with Crippen LogP contribution in [-0.2, 0) is 11.8 Å². The number of anilines is 1. The first kappa shape index (κ1) is 22.7. The van der Waals surface area contributed by atoms with E-state index in [0.29, 0.717) is 5.82 Å². The van der Waals surface area contributed by atoms with Crippen molar-refractivity contribution in [2.24, 2.45) is 7.05 Å². The molecule has 158 valence electrons. The summed E-state index contributed by atoms with van der Waals surface area (Å²) < 4.78 is 2.02. The molecule has 33 heavy (non-hydrogen) atoms. The van der Waals surface area contributed by atoms with Gasteiger partial charge in [0.2, 0.25) is 5.91 Å². The van der Waals surface area contributed by atoms with Gasteiger partial charge in [-0.1, -0.05) is 17.0 Å². The van der Waals surface area contributed by atoms with Crippen molar-refractivity contribution in [1.82, 2.24) is 19.5 Å². The average Bonchev–Trinajstić information content (AvgIpc) is 3.14. The number of aryl methyl sites for hydroxylation is 1. The lowest BCUT2D eigenvalue weighted by Gasteiger charge is -2.17. The number of benzene rings is 1. The molecule has 6 nitrogen and oxygen atoms in total. The lowest BCUT2D eigenvalue weighted by Crippen LogP contribution is -2.55. The van der Waals surface area contributed by atoms with Gasteiger partial charge in [0.05, 0.1) is 23.6 Å². The van der Waals surface area contributed by atoms with Crippen molar-refractivity contribution in [1.29, 1.82) is 0 Å². The third-order valence-corrected chi connectivity index (χ3v) is 6.79. The van der Waals surface area contributed by atoms with Crippen LogP contribution in [0.5, 0.6) is 0 Å². The van der Waals surface area contributed by atoms with Crippen LogP contribution in [0.15, 0.2) is 36.8 Å². The highest BCUT2D eigenvalue weighted by Gasteiger charge is 2.11. The molecule has 0 unspecified atom stereocenters. The quantitative estimate of drug-likeness (QED) is 0.262. The third-order valence-electron chi connectivity index (χ3n) is 6.79. The number of carbonyl (C=O) groups excluding carboxylic acids is 1. The number of nitrogens with one attached hydrogen (secondary N) is 1. The maximum atomic E-state index is 12.7. The van der Waals surface area contributed by atoms with Gasteiger partial charge in [0.1, 0.15) is 50.9 Å². The fraction of sp³-hybridized carbons (Fsp3) is 0.0909. The molecule has 0 aliphatic heterocycles. The van der Waals surface area contributed by atoms with E-state index in [-0.39, 0.29) is 5.91 Å². The highest BCUT2D eigenvalue weighted by Crippen LogP contribution is 2.24. The average molecular weight is 429 g/mol. The van der Waals surface area contributed by atoms with E-state index in [9.17, 15) is 4.79 Å². The largest absolute Gasteiger partial charge is 0.331 e. The number of hydrogen-bond acceptors (Lipinski definition) is 4. The van der Waals surface area contributed by atoms with Crippen LogP contribution >= 0.6 is 0 Å². The fourth-order valence-corrected chi connectivity index (χ4v) is 4.12. The zero-order valence-corrected chi connectivity index (χ0v) is 20.2. The van der Waals surface area contributed by atoms with E-state index in [4.69, 9.17) is 0 Å². The van der Waals surface area contributed by atoms with Crippen molar-refractivity contribution >= 4 is 95.2 Å². The second-order valence-corrected chi connectivity index (χ2v) is 8.60. The van der Waals surface area contributed by atoms with Gasteiger partial charge in [0.25, 0.3) is 0 Å². The molecule has 3 heterocycles. The van der Waals surface area contributed by atoms with Crippen LogP contribution in [0.2, 0.25) is 0 Å². The number of rotatable bonds is 4. The lowest BCUT2D eigenvalue weighted by molar-refractivity contribution is -0.111. The summed E-state index contributed by atoms with van der Waals surface area (Å²) >= 11 is 0. The second kappa shape index (κ2) is 8.81. The van der Waals surface area contributed by atoms with Gasteiger partial charge in [-0.05, 0) is 24.6 Å². The van der Waals surface area contributed by atoms with E-state index < -0.39 is 0 Å². The van der Waals surface area contributed by atoms with E-state index >= 15 is 0 Å². The first-order chi connectivity index (χ1) is 15.7. The van der Waals surface area contributed by atoms with Gasteiger partial charge in [-0.2, -0.15) is 0 Å². The molecule has 11 heteroatoms. The summed E-state index contributed by atoms with van der Waals surface area (Å²) in [4.78, 5) is 25.9. The summed E-state index contributed by atoms with van der Waals surface area (Å²) in [5, 5.41) is 3.78. The molecule has 0 bridgehead atoms. The minimum absolute atomic E-state index is 0.220. The molecule has 0 atom stereocenters. The highest BCUT2D eigenvalue weighted by atomic mass is 16.1. The van der Waals surface area contributed by atoms with Crippen LogP contribution in [0.25, 0.3) is 28.2 Å². The summed E-state index contributed by atoms with van der Waals surface area (Å²) in [5.41, 5.74) is 10.1. The third kappa shape index (κ3) is 4.27. The van der Waals surface area contributed by atoms with Gasteiger partial charge in [-0.15, -0.1) is 16.4 Å². The van der Waals surface area contributed by atoms with Gasteiger partial charge in [-0.3, -0.25) is 9.78 Å². The molecule has 0 radical (unpaired) electrons. The summed E-state index contributed by atoms with van der Waals surface area (Å²) in [6, 6.07) is 3.88. The number of imidazole rings is 1. The molecule has 1 aromatic carbocycles. The molecule has 1 N–H and O–H groups in total. The minimum atomic E-state index is -0.220. The van der Waals surface area contributed by atoms with E-state index in [1.54, 1.807) is 12.3 Å². The molecule has 0 aliphatic carbocycles. The van der Waals surface area contributed by atoms with Gasteiger partial charge in [0, 0.05) is 30.3 Å². The molecule has 0 aliphatic rings. The van der Waals surface area contributed by atoms with Gasteiger partial charge in [-0.25, -0.2) is 9.97 Å². The smallest absolute Gasteiger partial charge is 0.249 e. The maximum absolute atomic E-state index is 12.7. The molecule has 0 fully saturated rings. The number of carbonyl (C=O) groups is 1. The standard InChI is InChI=1S/C22H24B5N5O/c1-10-28-9-15(32(10)2)12-5-11-6-16(30-8-14(11)29-7-12)31-17(33)4-3-13-18(23)20(25)22(27)21(26)19(13)24/h3-9H,23-27H2,1-2H3,(H,30,31,33)/b4-3+. The summed E-state index contributed by atoms with van der Waals surface area (Å²) in [7, 11) is 12.6. The molecule has 3 aromatic heterocycles. The highest BCUT2D eigenvalue weighted by molar-refractivity contribution is 6.67. The van der Waals surface area contributed by atoms with Crippen LogP contribution in [0.1, 0.15) is 11.4 Å². The SMILES string of the molecule is Bc1c(B)c(B)c(/C=C/C(=O)Nc2cc3cc(-c4cnc(C)n4C)cnc3cn2)c(B)c1B. The Hall–Kier alpha value is -3.48. The molecule has 1 amide bonds. The Morgan fingerprint density at radius 2 is 1.58 bits per heavy atom. The molecule has 0 saturated carbocycles. The molecule has 4 aromatic rings. The summed E-state index contributed by atoms with van der Waals surface area (Å²) in [5.74, 6) is 1.20. The van der Waals surface area contributed by atoms with E-state index in [1.165, 1.54) is 27.3 Å². The minimum Gasteiger partial charge on any atom is -0.331 e. The van der Waals surface area contributed by atoms with E-state index in [0.717, 1.165) is 33.5 Å². The number of amides is 1. The van der Waals surface area contributed by atoms with Gasteiger partial charge in [0.15, 0.2) is 0 Å². The monoisotopic (exact) mass is 429 g/mol. The number of aromatic nitrogens is 4. The predicted octanol–water partition coefficient (Wildman–Crippen LogP) is -4.72. The molecule has 0 spiro atoms.